The number of ether oxygens (including phenoxy) is 1. The Hall–Kier alpha value is -3.38. The summed E-state index contributed by atoms with van der Waals surface area (Å²) in [5, 5.41) is 23.8. The highest BCUT2D eigenvalue weighted by molar-refractivity contribution is 6.09. The fourth-order valence-corrected chi connectivity index (χ4v) is 3.25. The quantitative estimate of drug-likeness (QED) is 0.258. The second-order valence-corrected chi connectivity index (χ2v) is 8.41. The molecule has 0 aliphatic carbocycles. The maximum atomic E-state index is 10.6. The minimum atomic E-state index is -1.29. The summed E-state index contributed by atoms with van der Waals surface area (Å²) >= 11 is 0. The van der Waals surface area contributed by atoms with Crippen molar-refractivity contribution in [2.45, 2.75) is 44.6 Å². The standard InChI is InChI=1S/C25H31N5O3/c1-25(2,32)9-8-17-5-3-6-18(11-17)24(31)33-22-12-19(14-30-23(22)27)20(13-26)15-29-21-7-4-10-28-16-21/h3,5-6,11-15,21,24,28,31-32H,4,7,10,16,26H2,1-2H3,(H2,27,30). The molecule has 8 nitrogen and oxygen atoms in total. The van der Waals surface area contributed by atoms with Crippen molar-refractivity contribution < 1.29 is 14.9 Å². The van der Waals surface area contributed by atoms with Gasteiger partial charge in [0.1, 0.15) is 5.60 Å². The van der Waals surface area contributed by atoms with Gasteiger partial charge in [0.05, 0.1) is 6.04 Å². The first-order valence-electron chi connectivity index (χ1n) is 10.9. The van der Waals surface area contributed by atoms with Gasteiger partial charge in [-0.25, -0.2) is 4.98 Å². The van der Waals surface area contributed by atoms with Gasteiger partial charge in [0.25, 0.3) is 0 Å². The number of nitrogen functional groups attached to an aromatic ring is 1. The van der Waals surface area contributed by atoms with Crippen LogP contribution in [0, 0.1) is 11.8 Å². The molecule has 2 heterocycles. The summed E-state index contributed by atoms with van der Waals surface area (Å²) in [6, 6.07) is 8.81. The number of aliphatic hydroxyl groups excluding tert-OH is 1. The Morgan fingerprint density at radius 3 is 2.91 bits per heavy atom. The molecule has 2 aromatic rings. The second-order valence-electron chi connectivity index (χ2n) is 8.41. The van der Waals surface area contributed by atoms with E-state index in [2.05, 4.69) is 27.1 Å². The predicted molar refractivity (Wildman–Crippen MR) is 130 cm³/mol. The number of anilines is 1. The lowest BCUT2D eigenvalue weighted by atomic mass is 10.1. The molecule has 0 saturated carbocycles. The minimum absolute atomic E-state index is 0.139. The molecule has 0 amide bonds. The third kappa shape index (κ3) is 7.32. The number of hydrogen-bond acceptors (Lipinski definition) is 8. The number of allylic oxidation sites excluding steroid dienone is 1. The number of rotatable bonds is 6. The molecule has 2 unspecified atom stereocenters. The summed E-state index contributed by atoms with van der Waals surface area (Å²) in [6.45, 7) is 5.07. The van der Waals surface area contributed by atoms with Gasteiger partial charge in [0, 0.05) is 47.4 Å². The largest absolute Gasteiger partial charge is 0.457 e. The van der Waals surface area contributed by atoms with E-state index in [1.54, 1.807) is 56.6 Å². The maximum absolute atomic E-state index is 10.6. The van der Waals surface area contributed by atoms with E-state index in [1.807, 2.05) is 0 Å². The molecule has 0 radical (unpaired) electrons. The van der Waals surface area contributed by atoms with Crippen molar-refractivity contribution in [3.8, 4) is 17.6 Å². The summed E-state index contributed by atoms with van der Waals surface area (Å²) in [5.41, 5.74) is 13.2. The summed E-state index contributed by atoms with van der Waals surface area (Å²) in [4.78, 5) is 8.80. The van der Waals surface area contributed by atoms with Gasteiger partial charge in [-0.1, -0.05) is 24.0 Å². The van der Waals surface area contributed by atoms with Gasteiger partial charge in [0.15, 0.2) is 11.6 Å². The van der Waals surface area contributed by atoms with Gasteiger partial charge in [-0.3, -0.25) is 4.99 Å². The molecule has 1 aliphatic rings. The van der Waals surface area contributed by atoms with Crippen LogP contribution in [0.5, 0.6) is 5.75 Å². The Balaban J connectivity index is 1.76. The van der Waals surface area contributed by atoms with E-state index >= 15 is 0 Å². The highest BCUT2D eigenvalue weighted by atomic mass is 16.6. The topological polar surface area (TPSA) is 139 Å². The molecule has 3 rings (SSSR count). The van der Waals surface area contributed by atoms with Crippen LogP contribution in [0.3, 0.4) is 0 Å². The van der Waals surface area contributed by atoms with Crippen molar-refractivity contribution in [3.05, 3.63) is 59.4 Å². The molecule has 1 saturated heterocycles. The molecule has 33 heavy (non-hydrogen) atoms. The molecule has 0 bridgehead atoms. The van der Waals surface area contributed by atoms with Crippen molar-refractivity contribution in [2.75, 3.05) is 18.8 Å². The third-order valence-corrected chi connectivity index (χ3v) is 5.01. The Bertz CT molecular complexity index is 1070. The first-order chi connectivity index (χ1) is 15.7. The van der Waals surface area contributed by atoms with Gasteiger partial charge in [-0.2, -0.15) is 0 Å². The van der Waals surface area contributed by atoms with Crippen molar-refractivity contribution in [1.82, 2.24) is 10.3 Å². The number of aliphatic hydroxyl groups is 2. The summed E-state index contributed by atoms with van der Waals surface area (Å²) < 4.78 is 5.71. The Labute approximate surface area is 194 Å². The van der Waals surface area contributed by atoms with E-state index in [1.165, 1.54) is 6.20 Å². The molecular formula is C25H31N5O3. The van der Waals surface area contributed by atoms with Crippen LogP contribution in [-0.4, -0.2) is 46.1 Å². The molecular weight excluding hydrogens is 418 g/mol. The number of aromatic nitrogens is 1. The molecule has 1 fully saturated rings. The van der Waals surface area contributed by atoms with Crippen molar-refractivity contribution in [2.24, 2.45) is 10.7 Å². The molecule has 1 aromatic carbocycles. The van der Waals surface area contributed by atoms with E-state index in [9.17, 15) is 10.2 Å². The normalized spacial score (nSPS) is 17.9. The van der Waals surface area contributed by atoms with Crippen molar-refractivity contribution >= 4 is 17.6 Å². The SMILES string of the molecule is CC(C)(O)C#Cc1cccc(C(O)Oc2cc(C(C=NC3CCCNC3)=CN)cnc2N)c1. The Morgan fingerprint density at radius 2 is 2.21 bits per heavy atom. The highest BCUT2D eigenvalue weighted by Crippen LogP contribution is 2.28. The van der Waals surface area contributed by atoms with Gasteiger partial charge >= 0.3 is 0 Å². The number of nitrogens with two attached hydrogens (primary N) is 2. The van der Waals surface area contributed by atoms with Crippen LogP contribution in [0.4, 0.5) is 5.82 Å². The highest BCUT2D eigenvalue weighted by Gasteiger charge is 2.15. The third-order valence-electron chi connectivity index (χ3n) is 5.01. The number of piperidine rings is 1. The fourth-order valence-electron chi connectivity index (χ4n) is 3.25. The number of benzene rings is 1. The van der Waals surface area contributed by atoms with Crippen LogP contribution >= 0.6 is 0 Å². The van der Waals surface area contributed by atoms with Crippen molar-refractivity contribution in [3.63, 3.8) is 0 Å². The van der Waals surface area contributed by atoms with E-state index in [0.29, 0.717) is 22.3 Å². The molecule has 1 aromatic heterocycles. The average molecular weight is 450 g/mol. The zero-order valence-electron chi connectivity index (χ0n) is 19.0. The van der Waals surface area contributed by atoms with Gasteiger partial charge < -0.3 is 31.7 Å². The number of pyridine rings is 1. The molecule has 174 valence electrons. The molecule has 2 atom stereocenters. The number of aliphatic imine (C=N–C) groups is 1. The maximum Gasteiger partial charge on any atom is 0.224 e. The fraction of sp³-hybridized carbons (Fsp3) is 0.360. The van der Waals surface area contributed by atoms with Gasteiger partial charge in [-0.05, 0) is 51.4 Å². The van der Waals surface area contributed by atoms with Gasteiger partial charge in [0.2, 0.25) is 6.29 Å². The zero-order valence-corrected chi connectivity index (χ0v) is 19.0. The van der Waals surface area contributed by atoms with Crippen LogP contribution in [0.2, 0.25) is 0 Å². The lowest BCUT2D eigenvalue weighted by molar-refractivity contribution is -0.0191. The summed E-state index contributed by atoms with van der Waals surface area (Å²) in [6.07, 6.45) is 5.61. The van der Waals surface area contributed by atoms with Crippen LogP contribution in [0.25, 0.3) is 5.57 Å². The first-order valence-corrected chi connectivity index (χ1v) is 10.9. The van der Waals surface area contributed by atoms with E-state index in [-0.39, 0.29) is 17.6 Å². The second kappa shape index (κ2) is 11.0. The minimum Gasteiger partial charge on any atom is -0.457 e. The molecule has 7 N–H and O–H groups in total. The lowest BCUT2D eigenvalue weighted by Crippen LogP contribution is -2.32. The van der Waals surface area contributed by atoms with Crippen LogP contribution in [0.15, 0.2) is 47.7 Å². The van der Waals surface area contributed by atoms with Crippen LogP contribution in [-0.2, 0) is 0 Å². The molecule has 8 heteroatoms. The summed E-state index contributed by atoms with van der Waals surface area (Å²) in [7, 11) is 0. The van der Waals surface area contributed by atoms with E-state index in [0.717, 1.165) is 25.9 Å². The van der Waals surface area contributed by atoms with Crippen LogP contribution < -0.4 is 21.5 Å². The Morgan fingerprint density at radius 1 is 1.39 bits per heavy atom. The lowest BCUT2D eigenvalue weighted by Gasteiger charge is -2.19. The predicted octanol–water partition coefficient (Wildman–Crippen LogP) is 1.98. The summed E-state index contributed by atoms with van der Waals surface area (Å²) in [5.74, 6) is 5.99. The molecule has 0 spiro atoms. The first kappa shape index (κ1) is 24.3. The Kier molecular flexibility index (Phi) is 8.06. The van der Waals surface area contributed by atoms with Crippen LogP contribution in [0.1, 0.15) is 49.7 Å². The van der Waals surface area contributed by atoms with Gasteiger partial charge in [-0.15, -0.1) is 0 Å². The molecule has 1 aliphatic heterocycles. The average Bonchev–Trinajstić information content (AvgIpc) is 2.80. The monoisotopic (exact) mass is 449 g/mol. The number of nitrogens with zero attached hydrogens (tertiary/aromatic N) is 2. The number of nitrogens with one attached hydrogen (secondary N) is 1. The smallest absolute Gasteiger partial charge is 0.224 e. The number of hydrogen-bond donors (Lipinski definition) is 5. The van der Waals surface area contributed by atoms with Crippen molar-refractivity contribution in [1.29, 1.82) is 0 Å². The van der Waals surface area contributed by atoms with E-state index in [4.69, 9.17) is 16.2 Å². The van der Waals surface area contributed by atoms with E-state index < -0.39 is 11.9 Å². The zero-order chi connectivity index (χ0) is 23.8.